The molecule has 1 unspecified atom stereocenters. The molecule has 0 aromatic rings. The fourth-order valence-corrected chi connectivity index (χ4v) is 1.12. The van der Waals surface area contributed by atoms with Crippen molar-refractivity contribution in [2.75, 3.05) is 6.54 Å². The van der Waals surface area contributed by atoms with E-state index >= 15 is 0 Å². The highest BCUT2D eigenvalue weighted by Gasteiger charge is 2.27. The summed E-state index contributed by atoms with van der Waals surface area (Å²) in [4.78, 5) is 0. The maximum atomic E-state index is 8.94. The van der Waals surface area contributed by atoms with Crippen LogP contribution in [-0.4, -0.2) is 23.8 Å². The van der Waals surface area contributed by atoms with E-state index in [-0.39, 0.29) is 6.10 Å². The molecule has 0 aliphatic heterocycles. The molecule has 0 saturated heterocycles. The van der Waals surface area contributed by atoms with Gasteiger partial charge in [-0.25, -0.2) is 0 Å². The molecule has 1 aliphatic rings. The molecule has 0 heterocycles. The van der Waals surface area contributed by atoms with E-state index in [4.69, 9.17) is 5.11 Å². The van der Waals surface area contributed by atoms with Crippen LogP contribution in [0.5, 0.6) is 0 Å². The summed E-state index contributed by atoms with van der Waals surface area (Å²) in [5, 5.41) is 12.2. The summed E-state index contributed by atoms with van der Waals surface area (Å²) in [7, 11) is 0. The van der Waals surface area contributed by atoms with Gasteiger partial charge in [-0.15, -0.1) is 0 Å². The molecule has 0 aromatic carbocycles. The minimum absolute atomic E-state index is 0.207. The Morgan fingerprint density at radius 1 is 1.50 bits per heavy atom. The van der Waals surface area contributed by atoms with Gasteiger partial charge in [0.25, 0.3) is 0 Å². The fourth-order valence-electron chi connectivity index (χ4n) is 1.12. The topological polar surface area (TPSA) is 32.3 Å². The quantitative estimate of drug-likeness (QED) is 0.609. The van der Waals surface area contributed by atoms with Gasteiger partial charge < -0.3 is 10.4 Å². The molecule has 0 aromatic heterocycles. The van der Waals surface area contributed by atoms with E-state index in [1.54, 1.807) is 0 Å². The number of rotatable bonds is 4. The molecule has 1 rings (SSSR count). The number of nitrogens with one attached hydrogen (secondary N) is 1. The van der Waals surface area contributed by atoms with Crippen LogP contribution in [0.25, 0.3) is 0 Å². The Kier molecular flexibility index (Phi) is 2.69. The van der Waals surface area contributed by atoms with Gasteiger partial charge in [0.1, 0.15) is 0 Å². The first-order chi connectivity index (χ1) is 4.70. The second kappa shape index (κ2) is 3.35. The molecule has 0 spiro atoms. The van der Waals surface area contributed by atoms with Gasteiger partial charge in [0.05, 0.1) is 6.10 Å². The number of aliphatic hydroxyl groups is 1. The average molecular weight is 143 g/mol. The van der Waals surface area contributed by atoms with Crippen molar-refractivity contribution in [3.63, 3.8) is 0 Å². The van der Waals surface area contributed by atoms with Crippen molar-refractivity contribution < 1.29 is 5.11 Å². The van der Waals surface area contributed by atoms with Gasteiger partial charge in [0.15, 0.2) is 0 Å². The van der Waals surface area contributed by atoms with E-state index in [2.05, 4.69) is 12.2 Å². The predicted molar refractivity (Wildman–Crippen MR) is 41.9 cm³/mol. The Morgan fingerprint density at radius 3 is 2.50 bits per heavy atom. The van der Waals surface area contributed by atoms with E-state index in [9.17, 15) is 0 Å². The SMILES string of the molecule is CC(NC[C@H](C)O)C1CC1. The zero-order chi connectivity index (χ0) is 7.56. The second-order valence-corrected chi connectivity index (χ2v) is 3.38. The summed E-state index contributed by atoms with van der Waals surface area (Å²) in [6.07, 6.45) is 2.53. The Labute approximate surface area is 62.6 Å². The van der Waals surface area contributed by atoms with Crippen molar-refractivity contribution in [2.24, 2.45) is 5.92 Å². The standard InChI is InChI=1S/C8H17NO/c1-6(10)5-9-7(2)8-3-4-8/h6-10H,3-5H2,1-2H3/t6-,7?/m0/s1. The van der Waals surface area contributed by atoms with Crippen molar-refractivity contribution in [2.45, 2.75) is 38.8 Å². The molecular formula is C8H17NO. The molecule has 0 bridgehead atoms. The Bertz CT molecular complexity index is 99.4. The normalized spacial score (nSPS) is 24.3. The van der Waals surface area contributed by atoms with E-state index in [0.717, 1.165) is 12.5 Å². The van der Waals surface area contributed by atoms with Crippen LogP contribution in [0.4, 0.5) is 0 Å². The average Bonchev–Trinajstić information content (AvgIpc) is 2.63. The minimum atomic E-state index is -0.207. The molecule has 10 heavy (non-hydrogen) atoms. The fraction of sp³-hybridized carbons (Fsp3) is 1.00. The molecule has 60 valence electrons. The molecular weight excluding hydrogens is 126 g/mol. The smallest absolute Gasteiger partial charge is 0.0636 e. The van der Waals surface area contributed by atoms with Gasteiger partial charge in [0.2, 0.25) is 0 Å². The first kappa shape index (κ1) is 8.02. The first-order valence-electron chi connectivity index (χ1n) is 4.11. The Hall–Kier alpha value is -0.0800. The van der Waals surface area contributed by atoms with Crippen LogP contribution < -0.4 is 5.32 Å². The third-order valence-electron chi connectivity index (χ3n) is 2.06. The van der Waals surface area contributed by atoms with E-state index in [1.807, 2.05) is 6.92 Å². The van der Waals surface area contributed by atoms with E-state index < -0.39 is 0 Å². The highest BCUT2D eigenvalue weighted by Crippen LogP contribution is 2.32. The second-order valence-electron chi connectivity index (χ2n) is 3.38. The van der Waals surface area contributed by atoms with Gasteiger partial charge in [0, 0.05) is 12.6 Å². The van der Waals surface area contributed by atoms with Gasteiger partial charge >= 0.3 is 0 Å². The minimum Gasteiger partial charge on any atom is -0.392 e. The molecule has 1 fully saturated rings. The van der Waals surface area contributed by atoms with Crippen LogP contribution in [0.1, 0.15) is 26.7 Å². The van der Waals surface area contributed by atoms with Crippen LogP contribution >= 0.6 is 0 Å². The summed E-state index contributed by atoms with van der Waals surface area (Å²) in [5.41, 5.74) is 0. The van der Waals surface area contributed by atoms with Gasteiger partial charge in [-0.2, -0.15) is 0 Å². The van der Waals surface area contributed by atoms with Gasteiger partial charge in [-0.3, -0.25) is 0 Å². The Morgan fingerprint density at radius 2 is 2.10 bits per heavy atom. The zero-order valence-electron chi connectivity index (χ0n) is 6.80. The molecule has 2 heteroatoms. The summed E-state index contributed by atoms with van der Waals surface area (Å²) >= 11 is 0. The lowest BCUT2D eigenvalue weighted by Gasteiger charge is -2.13. The van der Waals surface area contributed by atoms with E-state index in [0.29, 0.717) is 6.04 Å². The predicted octanol–water partition coefficient (Wildman–Crippen LogP) is 0.755. The van der Waals surface area contributed by atoms with Gasteiger partial charge in [-0.05, 0) is 32.6 Å². The van der Waals surface area contributed by atoms with E-state index in [1.165, 1.54) is 12.8 Å². The first-order valence-corrected chi connectivity index (χ1v) is 4.11. The maximum Gasteiger partial charge on any atom is 0.0636 e. The van der Waals surface area contributed by atoms with Crippen LogP contribution in [-0.2, 0) is 0 Å². The highest BCUT2D eigenvalue weighted by atomic mass is 16.3. The van der Waals surface area contributed by atoms with Crippen molar-refractivity contribution in [1.82, 2.24) is 5.32 Å². The third-order valence-corrected chi connectivity index (χ3v) is 2.06. The van der Waals surface area contributed by atoms with Crippen LogP contribution in [0, 0.1) is 5.92 Å². The number of hydrogen-bond acceptors (Lipinski definition) is 2. The lowest BCUT2D eigenvalue weighted by molar-refractivity contribution is 0.185. The summed E-state index contributed by atoms with van der Waals surface area (Å²) in [5.74, 6) is 0.888. The van der Waals surface area contributed by atoms with Crippen molar-refractivity contribution in [3.05, 3.63) is 0 Å². The van der Waals surface area contributed by atoms with Crippen LogP contribution in [0.2, 0.25) is 0 Å². The van der Waals surface area contributed by atoms with Crippen molar-refractivity contribution in [1.29, 1.82) is 0 Å². The molecule has 2 nitrogen and oxygen atoms in total. The van der Waals surface area contributed by atoms with Crippen molar-refractivity contribution >= 4 is 0 Å². The maximum absolute atomic E-state index is 8.94. The largest absolute Gasteiger partial charge is 0.392 e. The monoisotopic (exact) mass is 143 g/mol. The van der Waals surface area contributed by atoms with Crippen LogP contribution in [0.15, 0.2) is 0 Å². The molecule has 2 atom stereocenters. The summed E-state index contributed by atoms with van der Waals surface area (Å²) in [6, 6.07) is 0.606. The zero-order valence-corrected chi connectivity index (χ0v) is 6.80. The lowest BCUT2D eigenvalue weighted by atomic mass is 10.2. The summed E-state index contributed by atoms with van der Waals surface area (Å²) < 4.78 is 0. The molecule has 0 amide bonds. The highest BCUT2D eigenvalue weighted by molar-refractivity contribution is 4.83. The lowest BCUT2D eigenvalue weighted by Crippen LogP contribution is -2.33. The number of hydrogen-bond donors (Lipinski definition) is 2. The van der Waals surface area contributed by atoms with Crippen molar-refractivity contribution in [3.8, 4) is 0 Å². The summed E-state index contributed by atoms with van der Waals surface area (Å²) in [6.45, 7) is 4.74. The van der Waals surface area contributed by atoms with Crippen LogP contribution in [0.3, 0.4) is 0 Å². The molecule has 1 aliphatic carbocycles. The number of aliphatic hydroxyl groups excluding tert-OH is 1. The molecule has 2 N–H and O–H groups in total. The third kappa shape index (κ3) is 2.67. The Balaban J connectivity index is 2.00. The molecule has 1 saturated carbocycles. The van der Waals surface area contributed by atoms with Gasteiger partial charge in [-0.1, -0.05) is 0 Å². The molecule has 0 radical (unpaired) electrons.